The van der Waals surface area contributed by atoms with Crippen molar-refractivity contribution in [1.29, 1.82) is 5.26 Å². The van der Waals surface area contributed by atoms with Gasteiger partial charge in [-0.15, -0.1) is 0 Å². The van der Waals surface area contributed by atoms with Crippen molar-refractivity contribution < 1.29 is 14.6 Å². The number of aliphatic imine (C=N–C) groups is 1. The highest BCUT2D eigenvalue weighted by molar-refractivity contribution is 6.38. The number of Topliss-reactive ketones (excluding diaryl/α,β-unsaturated/α-hetero) is 1. The largest absolute Gasteiger partial charge is 0.508 e. The van der Waals surface area contributed by atoms with E-state index in [2.05, 4.69) is 21.9 Å². The summed E-state index contributed by atoms with van der Waals surface area (Å²) in [5, 5.41) is 20.0. The molecule has 3 N–H and O–H groups in total. The highest BCUT2D eigenvalue weighted by Gasteiger charge is 2.32. The molecule has 0 aliphatic carbocycles. The summed E-state index contributed by atoms with van der Waals surface area (Å²) in [6.45, 7) is 1.36. The van der Waals surface area contributed by atoms with Crippen molar-refractivity contribution in [3.63, 3.8) is 0 Å². The smallest absolute Gasteiger partial charge is 0.236 e. The zero-order chi connectivity index (χ0) is 22.5. The maximum absolute atomic E-state index is 12.3. The maximum atomic E-state index is 12.3. The number of hydrogen-bond acceptors (Lipinski definition) is 6. The SMILES string of the molecule is CC(=O)/C(=N\C1=C(C#N)C(c2ccccc2)c2ccc(O)cc2O1)NNc1ccccc1. The van der Waals surface area contributed by atoms with Crippen LogP contribution in [0.5, 0.6) is 11.5 Å². The van der Waals surface area contributed by atoms with Gasteiger partial charge in [0.1, 0.15) is 23.1 Å². The number of fused-ring (bicyclic) bond motifs is 1. The minimum Gasteiger partial charge on any atom is -0.508 e. The Morgan fingerprint density at radius 1 is 1.06 bits per heavy atom. The first-order valence-corrected chi connectivity index (χ1v) is 9.93. The van der Waals surface area contributed by atoms with Gasteiger partial charge in [-0.3, -0.25) is 15.6 Å². The van der Waals surface area contributed by atoms with E-state index >= 15 is 0 Å². The maximum Gasteiger partial charge on any atom is 0.236 e. The third-order valence-electron chi connectivity index (χ3n) is 4.93. The standard InChI is InChI=1S/C25H20N4O3/c1-16(30)24(29-28-18-10-6-3-7-11-18)27-25-21(15-26)23(17-8-4-2-5-9-17)20-13-12-19(31)14-22(20)32-25/h2-14,23,28,31H,1H3,(H,27,29). The predicted molar refractivity (Wildman–Crippen MR) is 121 cm³/mol. The van der Waals surface area contributed by atoms with Gasteiger partial charge in [0.2, 0.25) is 5.88 Å². The molecule has 7 nitrogen and oxygen atoms in total. The topological polar surface area (TPSA) is 107 Å². The van der Waals surface area contributed by atoms with Gasteiger partial charge in [0.25, 0.3) is 0 Å². The molecule has 1 unspecified atom stereocenters. The molecule has 158 valence electrons. The van der Waals surface area contributed by atoms with E-state index in [-0.39, 0.29) is 28.8 Å². The van der Waals surface area contributed by atoms with Gasteiger partial charge in [-0.25, -0.2) is 0 Å². The Hall–Kier alpha value is -4.57. The van der Waals surface area contributed by atoms with Gasteiger partial charge in [-0.2, -0.15) is 10.3 Å². The number of benzene rings is 3. The number of nitriles is 1. The predicted octanol–water partition coefficient (Wildman–Crippen LogP) is 4.26. The number of nitrogens with one attached hydrogen (secondary N) is 2. The molecule has 4 rings (SSSR count). The summed E-state index contributed by atoms with van der Waals surface area (Å²) in [4.78, 5) is 16.6. The molecule has 3 aromatic rings. The zero-order valence-corrected chi connectivity index (χ0v) is 17.2. The molecule has 0 amide bonds. The summed E-state index contributed by atoms with van der Waals surface area (Å²) < 4.78 is 5.89. The van der Waals surface area contributed by atoms with E-state index in [0.29, 0.717) is 5.75 Å². The van der Waals surface area contributed by atoms with Gasteiger partial charge in [-0.05, 0) is 23.8 Å². The Morgan fingerprint density at radius 3 is 2.41 bits per heavy atom. The van der Waals surface area contributed by atoms with Crippen molar-refractivity contribution in [1.82, 2.24) is 5.43 Å². The second kappa shape index (κ2) is 9.06. The van der Waals surface area contributed by atoms with Crippen molar-refractivity contribution >= 4 is 17.3 Å². The number of hydrogen-bond donors (Lipinski definition) is 3. The van der Waals surface area contributed by atoms with E-state index in [1.165, 1.54) is 13.0 Å². The van der Waals surface area contributed by atoms with Crippen LogP contribution in [0.4, 0.5) is 5.69 Å². The van der Waals surface area contributed by atoms with Crippen molar-refractivity contribution in [3.8, 4) is 17.6 Å². The average molecular weight is 424 g/mol. The van der Waals surface area contributed by atoms with Gasteiger partial charge in [0.15, 0.2) is 11.6 Å². The normalized spacial score (nSPS) is 15.2. The number of amidine groups is 1. The molecule has 0 aromatic heterocycles. The minimum atomic E-state index is -0.459. The number of allylic oxidation sites excluding steroid dienone is 1. The third-order valence-corrected chi connectivity index (χ3v) is 4.93. The number of anilines is 1. The molecule has 1 atom stereocenters. The van der Waals surface area contributed by atoms with Crippen molar-refractivity contribution in [2.75, 3.05) is 5.43 Å². The molecule has 1 aliphatic rings. The quantitative estimate of drug-likeness (QED) is 0.321. The number of nitrogens with zero attached hydrogens (tertiary/aromatic N) is 2. The van der Waals surface area contributed by atoms with Crippen LogP contribution in [0.1, 0.15) is 24.0 Å². The van der Waals surface area contributed by atoms with Crippen LogP contribution in [0.15, 0.2) is 95.3 Å². The summed E-state index contributed by atoms with van der Waals surface area (Å²) >= 11 is 0. The summed E-state index contributed by atoms with van der Waals surface area (Å²) in [5.74, 6) is -0.441. The number of ketones is 1. The molecular weight excluding hydrogens is 404 g/mol. The van der Waals surface area contributed by atoms with E-state index in [9.17, 15) is 15.2 Å². The molecule has 0 bridgehead atoms. The van der Waals surface area contributed by atoms with Crippen LogP contribution >= 0.6 is 0 Å². The Balaban J connectivity index is 1.78. The van der Waals surface area contributed by atoms with Crippen molar-refractivity contribution in [3.05, 3.63) is 101 Å². The first-order valence-electron chi connectivity index (χ1n) is 9.93. The number of hydrazine groups is 1. The monoisotopic (exact) mass is 424 g/mol. The fourth-order valence-electron chi connectivity index (χ4n) is 3.42. The lowest BCUT2D eigenvalue weighted by atomic mass is 9.83. The van der Waals surface area contributed by atoms with Crippen LogP contribution < -0.4 is 15.6 Å². The number of phenolic OH excluding ortho intramolecular Hbond substituents is 1. The highest BCUT2D eigenvalue weighted by atomic mass is 16.5. The fourth-order valence-corrected chi connectivity index (χ4v) is 3.42. The zero-order valence-electron chi connectivity index (χ0n) is 17.2. The number of phenols is 1. The van der Waals surface area contributed by atoms with Crippen LogP contribution in [-0.4, -0.2) is 16.7 Å². The number of rotatable bonds is 5. The lowest BCUT2D eigenvalue weighted by Crippen LogP contribution is -2.35. The van der Waals surface area contributed by atoms with Gasteiger partial charge >= 0.3 is 0 Å². The lowest BCUT2D eigenvalue weighted by Gasteiger charge is -2.26. The highest BCUT2D eigenvalue weighted by Crippen LogP contribution is 2.44. The molecule has 3 aromatic carbocycles. The molecule has 32 heavy (non-hydrogen) atoms. The molecule has 0 saturated carbocycles. The van der Waals surface area contributed by atoms with Crippen LogP contribution in [0.3, 0.4) is 0 Å². The molecule has 1 heterocycles. The Morgan fingerprint density at radius 2 is 1.75 bits per heavy atom. The minimum absolute atomic E-state index is 0.00739. The van der Waals surface area contributed by atoms with E-state index < -0.39 is 5.92 Å². The van der Waals surface area contributed by atoms with Gasteiger partial charge < -0.3 is 9.84 Å². The number of carbonyl (C=O) groups is 1. The third kappa shape index (κ3) is 4.30. The number of carbonyl (C=O) groups excluding carboxylic acids is 1. The van der Waals surface area contributed by atoms with E-state index in [4.69, 9.17) is 4.74 Å². The summed E-state index contributed by atoms with van der Waals surface area (Å²) in [7, 11) is 0. The second-order valence-corrected chi connectivity index (χ2v) is 7.13. The lowest BCUT2D eigenvalue weighted by molar-refractivity contribution is -0.111. The average Bonchev–Trinajstić information content (AvgIpc) is 2.81. The Labute approximate surface area is 185 Å². The van der Waals surface area contributed by atoms with E-state index in [0.717, 1.165) is 16.8 Å². The molecule has 0 radical (unpaired) electrons. The van der Waals surface area contributed by atoms with Crippen LogP contribution in [0.2, 0.25) is 0 Å². The van der Waals surface area contributed by atoms with Gasteiger partial charge in [0.05, 0.1) is 11.6 Å². The number of aromatic hydroxyl groups is 1. The molecule has 7 heteroatoms. The second-order valence-electron chi connectivity index (χ2n) is 7.13. The van der Waals surface area contributed by atoms with Crippen LogP contribution in [0.25, 0.3) is 0 Å². The number of para-hydroxylation sites is 1. The van der Waals surface area contributed by atoms with Crippen LogP contribution in [0, 0.1) is 11.3 Å². The van der Waals surface area contributed by atoms with E-state index in [1.54, 1.807) is 12.1 Å². The molecular formula is C25H20N4O3. The fraction of sp³-hybridized carbons (Fsp3) is 0.0800. The molecule has 1 aliphatic heterocycles. The Kier molecular flexibility index (Phi) is 5.86. The molecule has 0 spiro atoms. The number of ether oxygens (including phenoxy) is 1. The van der Waals surface area contributed by atoms with Gasteiger partial charge in [-0.1, -0.05) is 54.6 Å². The molecule has 0 fully saturated rings. The van der Waals surface area contributed by atoms with Crippen molar-refractivity contribution in [2.45, 2.75) is 12.8 Å². The van der Waals surface area contributed by atoms with Crippen molar-refractivity contribution in [2.24, 2.45) is 4.99 Å². The summed E-state index contributed by atoms with van der Waals surface area (Å²) in [6, 6.07) is 25.7. The first kappa shape index (κ1) is 20.7. The molecule has 0 saturated heterocycles. The van der Waals surface area contributed by atoms with Gasteiger partial charge in [0, 0.05) is 18.6 Å². The summed E-state index contributed by atoms with van der Waals surface area (Å²) in [5.41, 5.74) is 8.30. The summed E-state index contributed by atoms with van der Waals surface area (Å²) in [6.07, 6.45) is 0. The van der Waals surface area contributed by atoms with E-state index in [1.807, 2.05) is 60.7 Å². The first-order chi connectivity index (χ1) is 15.6. The van der Waals surface area contributed by atoms with Crippen LogP contribution in [-0.2, 0) is 4.79 Å². The Bertz CT molecular complexity index is 1250.